The Morgan fingerprint density at radius 3 is 2.62 bits per heavy atom. The van der Waals surface area contributed by atoms with Gasteiger partial charge in [-0.25, -0.2) is 0 Å². The topological polar surface area (TPSA) is 55.1 Å². The highest BCUT2D eigenvalue weighted by molar-refractivity contribution is 5.91. The molecule has 1 rings (SSSR count). The van der Waals surface area contributed by atoms with Crippen LogP contribution in [0.3, 0.4) is 0 Å². The van der Waals surface area contributed by atoms with Crippen LogP contribution in [0.4, 0.5) is 5.69 Å². The van der Waals surface area contributed by atoms with Gasteiger partial charge in [0, 0.05) is 18.2 Å². The Bertz CT molecular complexity index is 364. The molecule has 0 spiro atoms. The summed E-state index contributed by atoms with van der Waals surface area (Å²) in [6, 6.07) is 5.89. The number of anilines is 1. The van der Waals surface area contributed by atoms with Crippen molar-refractivity contribution in [2.24, 2.45) is 5.73 Å². The number of nitrogens with one attached hydrogen (secondary N) is 1. The summed E-state index contributed by atoms with van der Waals surface area (Å²) >= 11 is 0. The van der Waals surface area contributed by atoms with Crippen molar-refractivity contribution >= 4 is 24.0 Å². The lowest BCUT2D eigenvalue weighted by Gasteiger charge is -2.10. The molecule has 0 radical (unpaired) electrons. The number of carbonyl (C=O) groups is 1. The maximum Gasteiger partial charge on any atom is 0.225 e. The number of halogens is 1. The van der Waals surface area contributed by atoms with E-state index < -0.39 is 0 Å². The van der Waals surface area contributed by atoms with Gasteiger partial charge in [-0.3, -0.25) is 4.79 Å². The SMILES string of the molecule is Cc1ccc(C)c(NC(=O)CC(C)N)c1.Cl. The van der Waals surface area contributed by atoms with Crippen molar-refractivity contribution in [3.05, 3.63) is 29.3 Å². The van der Waals surface area contributed by atoms with Crippen molar-refractivity contribution in [3.8, 4) is 0 Å². The van der Waals surface area contributed by atoms with Gasteiger partial charge in [-0.15, -0.1) is 12.4 Å². The Hall–Kier alpha value is -1.06. The first kappa shape index (κ1) is 14.9. The van der Waals surface area contributed by atoms with Crippen LogP contribution in [0.1, 0.15) is 24.5 Å². The summed E-state index contributed by atoms with van der Waals surface area (Å²) in [4.78, 5) is 11.5. The molecule has 1 atom stereocenters. The molecule has 0 bridgehead atoms. The average molecular weight is 243 g/mol. The molecule has 4 heteroatoms. The smallest absolute Gasteiger partial charge is 0.225 e. The number of aryl methyl sites for hydroxylation is 2. The summed E-state index contributed by atoms with van der Waals surface area (Å²) in [6.07, 6.45) is 0.355. The van der Waals surface area contributed by atoms with Crippen molar-refractivity contribution < 1.29 is 4.79 Å². The van der Waals surface area contributed by atoms with Crippen LogP contribution < -0.4 is 11.1 Å². The number of hydrogen-bond acceptors (Lipinski definition) is 2. The second-order valence-corrected chi connectivity index (χ2v) is 4.05. The molecule has 3 N–H and O–H groups in total. The van der Waals surface area contributed by atoms with Gasteiger partial charge >= 0.3 is 0 Å². The van der Waals surface area contributed by atoms with E-state index in [1.165, 1.54) is 0 Å². The zero-order valence-electron chi connectivity index (χ0n) is 9.91. The second kappa shape index (κ2) is 6.51. The first-order valence-corrected chi connectivity index (χ1v) is 5.11. The lowest BCUT2D eigenvalue weighted by atomic mass is 10.1. The van der Waals surface area contributed by atoms with Crippen LogP contribution in [0, 0.1) is 13.8 Å². The lowest BCUT2D eigenvalue weighted by Crippen LogP contribution is -2.24. The summed E-state index contributed by atoms with van der Waals surface area (Å²) in [5, 5.41) is 2.86. The van der Waals surface area contributed by atoms with Crippen LogP contribution in [0.5, 0.6) is 0 Å². The predicted molar refractivity (Wildman–Crippen MR) is 70.1 cm³/mol. The van der Waals surface area contributed by atoms with Crippen LogP contribution in [0.2, 0.25) is 0 Å². The number of nitrogens with two attached hydrogens (primary N) is 1. The molecule has 0 aromatic heterocycles. The fourth-order valence-corrected chi connectivity index (χ4v) is 1.36. The molecule has 0 fully saturated rings. The van der Waals surface area contributed by atoms with E-state index in [1.807, 2.05) is 39.0 Å². The zero-order chi connectivity index (χ0) is 11.4. The van der Waals surface area contributed by atoms with Crippen LogP contribution in [0.25, 0.3) is 0 Å². The van der Waals surface area contributed by atoms with Gasteiger partial charge in [0.2, 0.25) is 5.91 Å². The van der Waals surface area contributed by atoms with E-state index in [0.717, 1.165) is 16.8 Å². The third-order valence-electron chi connectivity index (χ3n) is 2.17. The van der Waals surface area contributed by atoms with Crippen molar-refractivity contribution in [3.63, 3.8) is 0 Å². The maximum absolute atomic E-state index is 11.5. The van der Waals surface area contributed by atoms with E-state index in [1.54, 1.807) is 0 Å². The number of amides is 1. The third kappa shape index (κ3) is 4.64. The standard InChI is InChI=1S/C12H18N2O.ClH/c1-8-4-5-9(2)11(6-8)14-12(15)7-10(3)13;/h4-6,10H,7,13H2,1-3H3,(H,14,15);1H. The molecule has 0 saturated carbocycles. The van der Waals surface area contributed by atoms with E-state index in [4.69, 9.17) is 5.73 Å². The Morgan fingerprint density at radius 2 is 2.06 bits per heavy atom. The van der Waals surface area contributed by atoms with Crippen LogP contribution in [-0.4, -0.2) is 11.9 Å². The predicted octanol–water partition coefficient (Wildman–Crippen LogP) is 2.40. The van der Waals surface area contributed by atoms with Crippen LogP contribution >= 0.6 is 12.4 Å². The van der Waals surface area contributed by atoms with Gasteiger partial charge in [-0.1, -0.05) is 12.1 Å². The van der Waals surface area contributed by atoms with E-state index in [9.17, 15) is 4.79 Å². The molecule has 16 heavy (non-hydrogen) atoms. The highest BCUT2D eigenvalue weighted by Gasteiger charge is 2.06. The summed E-state index contributed by atoms with van der Waals surface area (Å²) < 4.78 is 0. The van der Waals surface area contributed by atoms with Crippen molar-refractivity contribution in [1.82, 2.24) is 0 Å². The number of carbonyl (C=O) groups excluding carboxylic acids is 1. The minimum Gasteiger partial charge on any atom is -0.327 e. The molecule has 0 saturated heterocycles. The Kier molecular flexibility index (Phi) is 6.08. The molecule has 1 amide bonds. The van der Waals surface area contributed by atoms with E-state index in [2.05, 4.69) is 5.32 Å². The molecule has 3 nitrogen and oxygen atoms in total. The van der Waals surface area contributed by atoms with E-state index in [0.29, 0.717) is 6.42 Å². The molecule has 90 valence electrons. The molecule has 1 aromatic carbocycles. The largest absolute Gasteiger partial charge is 0.327 e. The summed E-state index contributed by atoms with van der Waals surface area (Å²) in [7, 11) is 0. The average Bonchev–Trinajstić information content (AvgIpc) is 2.10. The molecular weight excluding hydrogens is 224 g/mol. The Morgan fingerprint density at radius 1 is 1.44 bits per heavy atom. The fraction of sp³-hybridized carbons (Fsp3) is 0.417. The van der Waals surface area contributed by atoms with Gasteiger partial charge < -0.3 is 11.1 Å². The molecular formula is C12H19ClN2O. The van der Waals surface area contributed by atoms with Crippen molar-refractivity contribution in [2.75, 3.05) is 5.32 Å². The Balaban J connectivity index is 0.00000225. The molecule has 0 aliphatic rings. The molecule has 0 aliphatic heterocycles. The maximum atomic E-state index is 11.5. The highest BCUT2D eigenvalue weighted by atomic mass is 35.5. The molecule has 0 heterocycles. The minimum absolute atomic E-state index is 0. The fourth-order valence-electron chi connectivity index (χ4n) is 1.36. The third-order valence-corrected chi connectivity index (χ3v) is 2.17. The minimum atomic E-state index is -0.102. The molecule has 1 aromatic rings. The van der Waals surface area contributed by atoms with Crippen molar-refractivity contribution in [2.45, 2.75) is 33.2 Å². The van der Waals surface area contributed by atoms with Crippen LogP contribution in [0.15, 0.2) is 18.2 Å². The quantitative estimate of drug-likeness (QED) is 0.855. The normalized spacial score (nSPS) is 11.5. The number of hydrogen-bond donors (Lipinski definition) is 2. The zero-order valence-corrected chi connectivity index (χ0v) is 10.7. The molecule has 0 aliphatic carbocycles. The monoisotopic (exact) mass is 242 g/mol. The lowest BCUT2D eigenvalue weighted by molar-refractivity contribution is -0.116. The van der Waals surface area contributed by atoms with Gasteiger partial charge in [0.1, 0.15) is 0 Å². The number of benzene rings is 1. The Labute approximate surface area is 103 Å². The van der Waals surface area contributed by atoms with Gasteiger partial charge in [0.25, 0.3) is 0 Å². The van der Waals surface area contributed by atoms with Gasteiger partial charge in [-0.2, -0.15) is 0 Å². The summed E-state index contributed by atoms with van der Waals surface area (Å²) in [5.74, 6) is -0.0290. The summed E-state index contributed by atoms with van der Waals surface area (Å²) in [5.41, 5.74) is 8.63. The highest BCUT2D eigenvalue weighted by Crippen LogP contribution is 2.16. The first-order valence-electron chi connectivity index (χ1n) is 5.11. The van der Waals surface area contributed by atoms with Crippen molar-refractivity contribution in [1.29, 1.82) is 0 Å². The second-order valence-electron chi connectivity index (χ2n) is 4.05. The van der Waals surface area contributed by atoms with Gasteiger partial charge in [0.05, 0.1) is 0 Å². The number of rotatable bonds is 3. The van der Waals surface area contributed by atoms with E-state index in [-0.39, 0.29) is 24.4 Å². The van der Waals surface area contributed by atoms with Crippen LogP contribution in [-0.2, 0) is 4.79 Å². The van der Waals surface area contributed by atoms with Gasteiger partial charge in [-0.05, 0) is 38.0 Å². The van der Waals surface area contributed by atoms with Gasteiger partial charge in [0.15, 0.2) is 0 Å². The first-order chi connectivity index (χ1) is 6.99. The summed E-state index contributed by atoms with van der Waals surface area (Å²) in [6.45, 7) is 5.80. The molecule has 1 unspecified atom stereocenters. The van der Waals surface area contributed by atoms with E-state index >= 15 is 0 Å².